The number of hydrogen-bond acceptors (Lipinski definition) is 6. The number of aromatic nitrogens is 2. The molecule has 0 radical (unpaired) electrons. The van der Waals surface area contributed by atoms with E-state index in [1.54, 1.807) is 0 Å². The summed E-state index contributed by atoms with van der Waals surface area (Å²) in [6.07, 6.45) is -1.29. The Morgan fingerprint density at radius 1 is 1.65 bits per heavy atom. The minimum Gasteiger partial charge on any atom is -0.393 e. The summed E-state index contributed by atoms with van der Waals surface area (Å²) >= 11 is 0. The molecule has 7 nitrogen and oxygen atoms in total. The molecule has 1 fully saturated rings. The van der Waals surface area contributed by atoms with Gasteiger partial charge in [0.2, 0.25) is 0 Å². The average Bonchev–Trinajstić information content (AvgIpc) is 2.57. The van der Waals surface area contributed by atoms with E-state index in [2.05, 4.69) is 11.6 Å². The van der Waals surface area contributed by atoms with Crippen molar-refractivity contribution in [3.05, 3.63) is 34.9 Å². The predicted molar refractivity (Wildman–Crippen MR) is 59.1 cm³/mol. The van der Waals surface area contributed by atoms with Crippen LogP contribution in [0.3, 0.4) is 0 Å². The Morgan fingerprint density at radius 2 is 2.35 bits per heavy atom. The molecule has 1 aliphatic heterocycles. The first-order chi connectivity index (χ1) is 8.04. The molecular weight excluding hydrogens is 226 g/mol. The van der Waals surface area contributed by atoms with E-state index < -0.39 is 24.1 Å². The lowest BCUT2D eigenvalue weighted by Gasteiger charge is -2.16. The Morgan fingerprint density at radius 3 is 2.88 bits per heavy atom. The molecule has 0 unspecified atom stereocenters. The summed E-state index contributed by atoms with van der Waals surface area (Å²) in [5, 5.41) is 18.9. The SMILES string of the molecule is C=C1[C@H](CO)O[C@H](n2ccc(N)nc2=O)[C@H]1O. The first kappa shape index (κ1) is 11.8. The van der Waals surface area contributed by atoms with Crippen molar-refractivity contribution in [1.29, 1.82) is 0 Å². The highest BCUT2D eigenvalue weighted by Crippen LogP contribution is 2.31. The second kappa shape index (κ2) is 4.28. The number of ether oxygens (including phenoxy) is 1. The summed E-state index contributed by atoms with van der Waals surface area (Å²) in [4.78, 5) is 15.1. The lowest BCUT2D eigenvalue weighted by Crippen LogP contribution is -2.32. The minimum atomic E-state index is -1.06. The summed E-state index contributed by atoms with van der Waals surface area (Å²) in [5.41, 5.74) is 5.07. The van der Waals surface area contributed by atoms with E-state index in [1.807, 2.05) is 0 Å². The number of nitrogens with zero attached hydrogens (tertiary/aromatic N) is 2. The van der Waals surface area contributed by atoms with Crippen LogP contribution in [0, 0.1) is 0 Å². The number of aliphatic hydroxyl groups is 2. The van der Waals surface area contributed by atoms with Gasteiger partial charge in [-0.25, -0.2) is 4.79 Å². The Balaban J connectivity index is 2.35. The van der Waals surface area contributed by atoms with Crippen LogP contribution in [-0.4, -0.2) is 38.6 Å². The second-order valence-corrected chi connectivity index (χ2v) is 3.76. The summed E-state index contributed by atoms with van der Waals surface area (Å²) in [7, 11) is 0. The Labute approximate surface area is 96.8 Å². The zero-order chi connectivity index (χ0) is 12.6. The standard InChI is InChI=1S/C10H13N3O4/c1-5-6(4-14)17-9(8(5)15)13-3-2-7(11)12-10(13)16/h2-3,6,8-9,14-15H,1,4H2,(H2,11,12,16)/t6-,8-,9-/m0/s1. The molecule has 2 heterocycles. The Kier molecular flexibility index (Phi) is 2.97. The molecule has 0 spiro atoms. The second-order valence-electron chi connectivity index (χ2n) is 3.76. The van der Waals surface area contributed by atoms with Gasteiger partial charge in [-0.3, -0.25) is 4.57 Å². The first-order valence-corrected chi connectivity index (χ1v) is 5.02. The van der Waals surface area contributed by atoms with Crippen LogP contribution >= 0.6 is 0 Å². The molecule has 0 bridgehead atoms. The van der Waals surface area contributed by atoms with Crippen LogP contribution in [0.2, 0.25) is 0 Å². The molecule has 2 rings (SSSR count). The minimum absolute atomic E-state index is 0.0938. The monoisotopic (exact) mass is 239 g/mol. The fourth-order valence-corrected chi connectivity index (χ4v) is 1.70. The van der Waals surface area contributed by atoms with Gasteiger partial charge in [-0.1, -0.05) is 6.58 Å². The van der Waals surface area contributed by atoms with Crippen molar-refractivity contribution in [2.75, 3.05) is 12.3 Å². The lowest BCUT2D eigenvalue weighted by molar-refractivity contribution is -0.0526. The third-order valence-corrected chi connectivity index (χ3v) is 2.66. The van der Waals surface area contributed by atoms with Crippen molar-refractivity contribution in [2.24, 2.45) is 0 Å². The maximum Gasteiger partial charge on any atom is 0.351 e. The third-order valence-electron chi connectivity index (χ3n) is 2.66. The Bertz CT molecular complexity index is 499. The number of nitrogens with two attached hydrogens (primary N) is 1. The molecule has 0 amide bonds. The van der Waals surface area contributed by atoms with Crippen LogP contribution in [0.5, 0.6) is 0 Å². The van der Waals surface area contributed by atoms with Crippen molar-refractivity contribution >= 4 is 5.82 Å². The summed E-state index contributed by atoms with van der Waals surface area (Å²) < 4.78 is 6.44. The summed E-state index contributed by atoms with van der Waals surface area (Å²) in [6.45, 7) is 3.31. The molecule has 1 aromatic rings. The highest BCUT2D eigenvalue weighted by molar-refractivity contribution is 5.24. The van der Waals surface area contributed by atoms with E-state index in [9.17, 15) is 9.90 Å². The molecule has 7 heteroatoms. The zero-order valence-electron chi connectivity index (χ0n) is 8.98. The maximum absolute atomic E-state index is 11.6. The number of nitrogen functional groups attached to an aromatic ring is 1. The van der Waals surface area contributed by atoms with E-state index in [0.29, 0.717) is 5.57 Å². The fraction of sp³-hybridized carbons (Fsp3) is 0.400. The largest absolute Gasteiger partial charge is 0.393 e. The van der Waals surface area contributed by atoms with E-state index in [4.69, 9.17) is 15.6 Å². The highest BCUT2D eigenvalue weighted by atomic mass is 16.5. The number of anilines is 1. The Hall–Kier alpha value is -1.70. The van der Waals surface area contributed by atoms with Gasteiger partial charge in [0, 0.05) is 6.20 Å². The van der Waals surface area contributed by atoms with Gasteiger partial charge in [0.05, 0.1) is 6.61 Å². The maximum atomic E-state index is 11.6. The molecule has 92 valence electrons. The molecule has 0 aliphatic carbocycles. The van der Waals surface area contributed by atoms with Crippen LogP contribution < -0.4 is 11.4 Å². The molecule has 3 atom stereocenters. The third kappa shape index (κ3) is 1.95. The van der Waals surface area contributed by atoms with Crippen LogP contribution in [0.1, 0.15) is 6.23 Å². The summed E-state index contributed by atoms with van der Waals surface area (Å²) in [6, 6.07) is 1.42. The van der Waals surface area contributed by atoms with Crippen LogP contribution in [0.15, 0.2) is 29.2 Å². The van der Waals surface area contributed by atoms with Crippen molar-refractivity contribution in [3.63, 3.8) is 0 Å². The molecule has 1 aromatic heterocycles. The smallest absolute Gasteiger partial charge is 0.351 e. The summed E-state index contributed by atoms with van der Waals surface area (Å²) in [5.74, 6) is 0.0938. The molecule has 0 saturated carbocycles. The van der Waals surface area contributed by atoms with Gasteiger partial charge in [-0.2, -0.15) is 4.98 Å². The van der Waals surface area contributed by atoms with Crippen LogP contribution in [-0.2, 0) is 4.74 Å². The molecule has 1 saturated heterocycles. The highest BCUT2D eigenvalue weighted by Gasteiger charge is 2.38. The molecule has 1 aliphatic rings. The zero-order valence-corrected chi connectivity index (χ0v) is 8.98. The van der Waals surface area contributed by atoms with Crippen molar-refractivity contribution in [1.82, 2.24) is 9.55 Å². The number of hydrogen-bond donors (Lipinski definition) is 3. The van der Waals surface area contributed by atoms with Gasteiger partial charge in [0.15, 0.2) is 6.23 Å². The van der Waals surface area contributed by atoms with Crippen molar-refractivity contribution in [2.45, 2.75) is 18.4 Å². The number of rotatable bonds is 2. The van der Waals surface area contributed by atoms with E-state index in [1.165, 1.54) is 12.3 Å². The van der Waals surface area contributed by atoms with Crippen molar-refractivity contribution < 1.29 is 14.9 Å². The lowest BCUT2D eigenvalue weighted by atomic mass is 10.1. The van der Waals surface area contributed by atoms with Gasteiger partial charge < -0.3 is 20.7 Å². The topological polar surface area (TPSA) is 111 Å². The van der Waals surface area contributed by atoms with E-state index >= 15 is 0 Å². The van der Waals surface area contributed by atoms with Crippen LogP contribution in [0.4, 0.5) is 5.82 Å². The van der Waals surface area contributed by atoms with Gasteiger partial charge in [0.1, 0.15) is 18.0 Å². The fourth-order valence-electron chi connectivity index (χ4n) is 1.70. The molecule has 4 N–H and O–H groups in total. The normalized spacial score (nSPS) is 28.6. The van der Waals surface area contributed by atoms with E-state index in [-0.39, 0.29) is 12.4 Å². The molecule has 17 heavy (non-hydrogen) atoms. The van der Waals surface area contributed by atoms with Gasteiger partial charge >= 0.3 is 5.69 Å². The predicted octanol–water partition coefficient (Wildman–Crippen LogP) is -1.37. The number of aliphatic hydroxyl groups excluding tert-OH is 2. The van der Waals surface area contributed by atoms with Gasteiger partial charge in [-0.05, 0) is 11.6 Å². The molecule has 0 aromatic carbocycles. The van der Waals surface area contributed by atoms with Crippen molar-refractivity contribution in [3.8, 4) is 0 Å². The molecular formula is C10H13N3O4. The first-order valence-electron chi connectivity index (χ1n) is 5.02. The van der Waals surface area contributed by atoms with E-state index in [0.717, 1.165) is 4.57 Å². The van der Waals surface area contributed by atoms with Gasteiger partial charge in [0.25, 0.3) is 0 Å². The van der Waals surface area contributed by atoms with Gasteiger partial charge in [-0.15, -0.1) is 0 Å². The average molecular weight is 239 g/mol. The van der Waals surface area contributed by atoms with Crippen LogP contribution in [0.25, 0.3) is 0 Å². The quantitative estimate of drug-likeness (QED) is 0.549.